The minimum absolute atomic E-state index is 0.0939. The molecule has 1 saturated carbocycles. The minimum Gasteiger partial charge on any atom is -0.465 e. The molecule has 4 rings (SSSR count). The van der Waals surface area contributed by atoms with E-state index in [0.717, 1.165) is 23.2 Å². The van der Waals surface area contributed by atoms with Crippen molar-refractivity contribution >= 4 is 23.7 Å². The number of piperazine rings is 1. The number of ether oxygens (including phenoxy) is 2. The molecule has 0 aromatic heterocycles. The number of hydrogen-bond donors (Lipinski definition) is 1. The van der Waals surface area contributed by atoms with Crippen LogP contribution in [0.15, 0.2) is 36.4 Å². The first-order valence-corrected chi connectivity index (χ1v) is 12.0. The van der Waals surface area contributed by atoms with Gasteiger partial charge in [-0.25, -0.2) is 4.79 Å². The van der Waals surface area contributed by atoms with Gasteiger partial charge in [-0.1, -0.05) is 24.3 Å². The number of anilines is 1. The molecule has 2 aliphatic heterocycles. The predicted molar refractivity (Wildman–Crippen MR) is 128 cm³/mol. The highest BCUT2D eigenvalue weighted by atomic mass is 16.6. The summed E-state index contributed by atoms with van der Waals surface area (Å²) in [6.07, 6.45) is 1.86. The largest absolute Gasteiger partial charge is 0.465 e. The Morgan fingerprint density at radius 3 is 2.50 bits per heavy atom. The number of allylic oxidation sites excluding steroid dienone is 1. The molecule has 1 N–H and O–H groups in total. The summed E-state index contributed by atoms with van der Waals surface area (Å²) in [7, 11) is 0. The van der Waals surface area contributed by atoms with Crippen LogP contribution in [0.25, 0.3) is 0 Å². The number of rotatable bonds is 5. The van der Waals surface area contributed by atoms with E-state index in [-0.39, 0.29) is 30.4 Å². The SMILES string of the molecule is C=C1CC2COC(=O)C2(Cc2ccc(NC(=O)CN3CCN(C(=O)OC(C)(C)C)CC3)cc2)C1. The molecule has 34 heavy (non-hydrogen) atoms. The van der Waals surface area contributed by atoms with E-state index in [1.165, 1.54) is 0 Å². The van der Waals surface area contributed by atoms with Crippen molar-refractivity contribution in [2.45, 2.75) is 45.6 Å². The van der Waals surface area contributed by atoms with Crippen LogP contribution in [0.4, 0.5) is 10.5 Å². The second-order valence-electron chi connectivity index (χ2n) is 10.7. The van der Waals surface area contributed by atoms with Gasteiger partial charge in [0.2, 0.25) is 5.91 Å². The van der Waals surface area contributed by atoms with Crippen molar-refractivity contribution in [3.8, 4) is 0 Å². The average molecular weight is 470 g/mol. The third-order valence-corrected chi connectivity index (χ3v) is 6.85. The zero-order valence-corrected chi connectivity index (χ0v) is 20.4. The van der Waals surface area contributed by atoms with Crippen LogP contribution in [-0.2, 0) is 25.5 Å². The number of carbonyl (C=O) groups excluding carboxylic acids is 3. The van der Waals surface area contributed by atoms with E-state index in [1.54, 1.807) is 4.90 Å². The fraction of sp³-hybridized carbons (Fsp3) is 0.577. The predicted octanol–water partition coefficient (Wildman–Crippen LogP) is 3.23. The summed E-state index contributed by atoms with van der Waals surface area (Å²) in [5.41, 5.74) is 1.90. The Morgan fingerprint density at radius 1 is 1.18 bits per heavy atom. The van der Waals surface area contributed by atoms with Gasteiger partial charge in [-0.05, 0) is 57.7 Å². The van der Waals surface area contributed by atoms with E-state index in [2.05, 4.69) is 11.9 Å². The molecule has 1 aromatic carbocycles. The minimum atomic E-state index is -0.517. The van der Waals surface area contributed by atoms with Crippen LogP contribution in [0, 0.1) is 11.3 Å². The lowest BCUT2D eigenvalue weighted by molar-refractivity contribution is -0.146. The molecular weight excluding hydrogens is 434 g/mol. The van der Waals surface area contributed by atoms with Crippen LogP contribution < -0.4 is 5.32 Å². The van der Waals surface area contributed by atoms with Gasteiger partial charge in [-0.2, -0.15) is 0 Å². The molecule has 0 spiro atoms. The van der Waals surface area contributed by atoms with E-state index in [4.69, 9.17) is 9.47 Å². The molecule has 8 nitrogen and oxygen atoms in total. The Bertz CT molecular complexity index is 960. The second-order valence-corrected chi connectivity index (χ2v) is 10.7. The lowest BCUT2D eigenvalue weighted by Gasteiger charge is -2.35. The number of benzene rings is 1. The van der Waals surface area contributed by atoms with Crippen molar-refractivity contribution in [1.82, 2.24) is 9.80 Å². The monoisotopic (exact) mass is 469 g/mol. The molecule has 2 saturated heterocycles. The highest BCUT2D eigenvalue weighted by molar-refractivity contribution is 5.92. The fourth-order valence-corrected chi connectivity index (χ4v) is 5.15. The first kappa shape index (κ1) is 24.3. The number of nitrogens with one attached hydrogen (secondary N) is 1. The van der Waals surface area contributed by atoms with Gasteiger partial charge in [0.15, 0.2) is 0 Å². The van der Waals surface area contributed by atoms with Crippen LogP contribution in [0.3, 0.4) is 0 Å². The van der Waals surface area contributed by atoms with E-state index < -0.39 is 11.0 Å². The average Bonchev–Trinajstić information content (AvgIpc) is 3.22. The van der Waals surface area contributed by atoms with Gasteiger partial charge in [-0.3, -0.25) is 14.5 Å². The molecule has 0 radical (unpaired) electrons. The Hall–Kier alpha value is -2.87. The van der Waals surface area contributed by atoms with Gasteiger partial charge in [0.05, 0.1) is 18.6 Å². The number of amides is 2. The first-order valence-electron chi connectivity index (χ1n) is 12.0. The number of nitrogens with zero attached hydrogens (tertiary/aromatic N) is 2. The molecule has 2 amide bonds. The molecule has 0 bridgehead atoms. The Balaban J connectivity index is 1.25. The molecule has 2 atom stereocenters. The van der Waals surface area contributed by atoms with E-state index in [0.29, 0.717) is 45.6 Å². The topological polar surface area (TPSA) is 88.2 Å². The van der Waals surface area contributed by atoms with Crippen LogP contribution >= 0.6 is 0 Å². The number of hydrogen-bond acceptors (Lipinski definition) is 6. The number of carbonyl (C=O) groups is 3. The highest BCUT2D eigenvalue weighted by Gasteiger charge is 2.55. The van der Waals surface area contributed by atoms with Crippen molar-refractivity contribution in [3.05, 3.63) is 42.0 Å². The van der Waals surface area contributed by atoms with Gasteiger partial charge in [0.25, 0.3) is 0 Å². The van der Waals surface area contributed by atoms with Gasteiger partial charge in [0.1, 0.15) is 5.60 Å². The molecule has 3 fully saturated rings. The zero-order chi connectivity index (χ0) is 24.5. The summed E-state index contributed by atoms with van der Waals surface area (Å²) in [5.74, 6) is 0.00606. The Morgan fingerprint density at radius 2 is 1.85 bits per heavy atom. The molecule has 8 heteroatoms. The van der Waals surface area contributed by atoms with Crippen molar-refractivity contribution in [2.24, 2.45) is 11.3 Å². The van der Waals surface area contributed by atoms with Crippen molar-refractivity contribution < 1.29 is 23.9 Å². The molecule has 1 aliphatic carbocycles. The second kappa shape index (κ2) is 9.41. The third-order valence-electron chi connectivity index (χ3n) is 6.85. The van der Waals surface area contributed by atoms with Gasteiger partial charge < -0.3 is 19.7 Å². The summed E-state index contributed by atoms with van der Waals surface area (Å²) in [6.45, 7) is 12.7. The maximum absolute atomic E-state index is 12.5. The summed E-state index contributed by atoms with van der Waals surface area (Å²) in [6, 6.07) is 7.69. The molecule has 1 aromatic rings. The fourth-order valence-electron chi connectivity index (χ4n) is 5.15. The quantitative estimate of drug-likeness (QED) is 0.526. The molecule has 3 aliphatic rings. The van der Waals surface area contributed by atoms with Crippen LogP contribution in [0.1, 0.15) is 39.2 Å². The summed E-state index contributed by atoms with van der Waals surface area (Å²) >= 11 is 0. The number of esters is 1. The van der Waals surface area contributed by atoms with E-state index >= 15 is 0 Å². The number of cyclic esters (lactones) is 1. The number of fused-ring (bicyclic) bond motifs is 1. The van der Waals surface area contributed by atoms with Crippen LogP contribution in [0.5, 0.6) is 0 Å². The standard InChI is InChI=1S/C26H35N3O5/c1-18-13-20-17-33-23(31)26(20,14-18)15-19-5-7-21(8-6-19)27-22(30)16-28-9-11-29(12-10-28)24(32)34-25(2,3)4/h5-8,20H,1,9-17H2,2-4H3,(H,27,30). The summed E-state index contributed by atoms with van der Waals surface area (Å²) in [4.78, 5) is 40.9. The molecule has 2 unspecified atom stereocenters. The maximum atomic E-state index is 12.5. The highest BCUT2D eigenvalue weighted by Crippen LogP contribution is 2.52. The van der Waals surface area contributed by atoms with Crippen molar-refractivity contribution in [1.29, 1.82) is 0 Å². The van der Waals surface area contributed by atoms with Crippen molar-refractivity contribution in [3.63, 3.8) is 0 Å². The van der Waals surface area contributed by atoms with E-state index in [1.807, 2.05) is 49.9 Å². The van der Waals surface area contributed by atoms with Crippen molar-refractivity contribution in [2.75, 3.05) is 44.6 Å². The van der Waals surface area contributed by atoms with Crippen LogP contribution in [0.2, 0.25) is 0 Å². The smallest absolute Gasteiger partial charge is 0.410 e. The summed E-state index contributed by atoms with van der Waals surface area (Å²) < 4.78 is 10.8. The van der Waals surface area contributed by atoms with Crippen LogP contribution in [-0.4, -0.2) is 72.7 Å². The third kappa shape index (κ3) is 5.43. The summed E-state index contributed by atoms with van der Waals surface area (Å²) in [5, 5.41) is 2.94. The first-order chi connectivity index (χ1) is 16.0. The molecular formula is C26H35N3O5. The Kier molecular flexibility index (Phi) is 6.71. The lowest BCUT2D eigenvalue weighted by Crippen LogP contribution is -2.51. The zero-order valence-electron chi connectivity index (χ0n) is 20.4. The van der Waals surface area contributed by atoms with Gasteiger partial charge in [0, 0.05) is 37.8 Å². The lowest BCUT2D eigenvalue weighted by atomic mass is 9.75. The van der Waals surface area contributed by atoms with Gasteiger partial charge >= 0.3 is 12.1 Å². The molecule has 2 heterocycles. The molecule has 184 valence electrons. The van der Waals surface area contributed by atoms with E-state index in [9.17, 15) is 14.4 Å². The maximum Gasteiger partial charge on any atom is 0.410 e. The normalized spacial score (nSPS) is 25.1. The van der Waals surface area contributed by atoms with Gasteiger partial charge in [-0.15, -0.1) is 0 Å². The Labute approximate surface area is 201 Å².